The van der Waals surface area contributed by atoms with Crippen LogP contribution in [0.2, 0.25) is 5.02 Å². The molecule has 0 bridgehead atoms. The van der Waals surface area contributed by atoms with Crippen LogP contribution in [0.25, 0.3) is 27.9 Å². The number of pyridine rings is 1. The van der Waals surface area contributed by atoms with Gasteiger partial charge in [-0.05, 0) is 13.0 Å². The Kier molecular flexibility index (Phi) is 3.01. The van der Waals surface area contributed by atoms with Crippen LogP contribution in [-0.4, -0.2) is 23.9 Å². The average Bonchev–Trinajstić information content (AvgIpc) is 3.10. The monoisotopic (exact) mass is 339 g/mol. The molecule has 0 fully saturated rings. The summed E-state index contributed by atoms with van der Waals surface area (Å²) in [6.07, 6.45) is 6.94. The van der Waals surface area contributed by atoms with Gasteiger partial charge in [0.2, 0.25) is 0 Å². The summed E-state index contributed by atoms with van der Waals surface area (Å²) in [7, 11) is 0. The second-order valence-corrected chi connectivity index (χ2v) is 5.88. The summed E-state index contributed by atoms with van der Waals surface area (Å²) in [5.41, 5.74) is 15.4. The van der Waals surface area contributed by atoms with Gasteiger partial charge in [0, 0.05) is 23.5 Å². The lowest BCUT2D eigenvalue weighted by Crippen LogP contribution is -2.06. The van der Waals surface area contributed by atoms with Crippen molar-refractivity contribution in [3.05, 3.63) is 54.0 Å². The molecule has 7 nitrogen and oxygen atoms in total. The van der Waals surface area contributed by atoms with Gasteiger partial charge in [-0.1, -0.05) is 18.2 Å². The van der Waals surface area contributed by atoms with Crippen LogP contribution in [0.1, 0.15) is 11.4 Å². The third kappa shape index (κ3) is 1.88. The highest BCUT2D eigenvalue weighted by Gasteiger charge is 2.22. The van der Waals surface area contributed by atoms with E-state index in [1.54, 1.807) is 29.4 Å². The van der Waals surface area contributed by atoms with Crippen LogP contribution >= 0.6 is 11.6 Å². The van der Waals surface area contributed by atoms with Crippen LogP contribution in [0.5, 0.6) is 0 Å². The maximum absolute atomic E-state index is 6.48. The zero-order valence-electron chi connectivity index (χ0n) is 12.9. The number of nitrogens with zero attached hydrogens (tertiary/aromatic N) is 5. The van der Waals surface area contributed by atoms with Crippen molar-refractivity contribution in [3.8, 4) is 5.69 Å². The second kappa shape index (κ2) is 4.97. The number of anilines is 1. The quantitative estimate of drug-likeness (QED) is 0.584. The number of hydrogen-bond acceptors (Lipinski definition) is 5. The molecule has 0 amide bonds. The lowest BCUT2D eigenvalue weighted by molar-refractivity contribution is 1.03. The van der Waals surface area contributed by atoms with Gasteiger partial charge in [-0.2, -0.15) is 0 Å². The lowest BCUT2D eigenvalue weighted by Gasteiger charge is -2.12. The Morgan fingerprint density at radius 2 is 2.12 bits per heavy atom. The fourth-order valence-corrected chi connectivity index (χ4v) is 3.15. The summed E-state index contributed by atoms with van der Waals surface area (Å²) in [5.74, 6) is 1.03. The molecule has 8 heteroatoms. The van der Waals surface area contributed by atoms with E-state index in [0.29, 0.717) is 39.3 Å². The van der Waals surface area contributed by atoms with Gasteiger partial charge in [0.05, 0.1) is 34.3 Å². The lowest BCUT2D eigenvalue weighted by atomic mass is 10.2. The van der Waals surface area contributed by atoms with E-state index in [1.165, 1.54) is 0 Å². The van der Waals surface area contributed by atoms with E-state index in [9.17, 15) is 0 Å². The average molecular weight is 340 g/mol. The molecule has 4 N–H and O–H groups in total. The fourth-order valence-electron chi connectivity index (χ4n) is 2.91. The summed E-state index contributed by atoms with van der Waals surface area (Å²) in [6, 6.07) is 1.78. The third-order valence-corrected chi connectivity index (χ3v) is 4.23. The van der Waals surface area contributed by atoms with E-state index in [1.807, 2.05) is 17.5 Å². The first-order valence-electron chi connectivity index (χ1n) is 7.18. The van der Waals surface area contributed by atoms with Gasteiger partial charge in [-0.15, -0.1) is 0 Å². The molecule has 120 valence electrons. The number of imidazole rings is 1. The van der Waals surface area contributed by atoms with Crippen molar-refractivity contribution in [2.24, 2.45) is 5.73 Å². The first kappa shape index (κ1) is 14.5. The van der Waals surface area contributed by atoms with E-state index in [2.05, 4.69) is 21.5 Å². The molecule has 0 aliphatic rings. The molecule has 0 radical (unpaired) electrons. The standard InChI is InChI=1S/C16H14ClN7/c1-8(18)13-10-5-21-9(2)22-16(10)24(15(13)19)14-11(17)3-4-23-7-20-6-12(14)23/h3-7H,1,18-19H2,2H3. The number of rotatable bonds is 2. The van der Waals surface area contributed by atoms with Crippen LogP contribution in [-0.2, 0) is 0 Å². The summed E-state index contributed by atoms with van der Waals surface area (Å²) in [4.78, 5) is 13.0. The van der Waals surface area contributed by atoms with E-state index in [4.69, 9.17) is 23.1 Å². The highest BCUT2D eigenvalue weighted by Crippen LogP contribution is 2.36. The number of hydrogen-bond donors (Lipinski definition) is 2. The Bertz CT molecular complexity index is 1120. The third-order valence-electron chi connectivity index (χ3n) is 3.93. The molecule has 0 saturated heterocycles. The molecule has 4 heterocycles. The SMILES string of the molecule is C=C(N)c1c(N)n(-c2c(Cl)ccn3cncc23)c2nc(C)ncc12. The van der Waals surface area contributed by atoms with Crippen molar-refractivity contribution in [2.45, 2.75) is 6.92 Å². The molecular weight excluding hydrogens is 326 g/mol. The van der Waals surface area contributed by atoms with Crippen molar-refractivity contribution in [3.63, 3.8) is 0 Å². The fraction of sp³-hybridized carbons (Fsp3) is 0.0625. The van der Waals surface area contributed by atoms with E-state index in [-0.39, 0.29) is 0 Å². The van der Waals surface area contributed by atoms with Crippen LogP contribution in [0.3, 0.4) is 0 Å². The highest BCUT2D eigenvalue weighted by molar-refractivity contribution is 6.33. The summed E-state index contributed by atoms with van der Waals surface area (Å²) < 4.78 is 3.63. The number of nitrogens with two attached hydrogens (primary N) is 2. The molecule has 0 aliphatic heterocycles. The number of aryl methyl sites for hydroxylation is 1. The first-order valence-corrected chi connectivity index (χ1v) is 7.55. The van der Waals surface area contributed by atoms with Crippen molar-refractivity contribution in [1.82, 2.24) is 23.9 Å². The maximum Gasteiger partial charge on any atom is 0.150 e. The molecule has 4 rings (SSSR count). The number of nitrogen functional groups attached to an aromatic ring is 1. The van der Waals surface area contributed by atoms with Crippen molar-refractivity contribution in [2.75, 3.05) is 5.73 Å². The minimum absolute atomic E-state index is 0.347. The van der Waals surface area contributed by atoms with Gasteiger partial charge in [0.15, 0.2) is 5.65 Å². The first-order chi connectivity index (χ1) is 11.5. The minimum Gasteiger partial charge on any atom is -0.399 e. The topological polar surface area (TPSA) is 100 Å². The molecule has 0 atom stereocenters. The second-order valence-electron chi connectivity index (χ2n) is 5.47. The van der Waals surface area contributed by atoms with E-state index >= 15 is 0 Å². The van der Waals surface area contributed by atoms with Crippen LogP contribution in [0.4, 0.5) is 5.82 Å². The molecule has 4 aromatic rings. The Hall–Kier alpha value is -3.06. The molecule has 0 aliphatic carbocycles. The number of aromatic nitrogens is 5. The van der Waals surface area contributed by atoms with Gasteiger partial charge >= 0.3 is 0 Å². The van der Waals surface area contributed by atoms with Crippen molar-refractivity contribution >= 4 is 39.7 Å². The summed E-state index contributed by atoms with van der Waals surface area (Å²) >= 11 is 6.48. The van der Waals surface area contributed by atoms with Crippen molar-refractivity contribution < 1.29 is 0 Å². The van der Waals surface area contributed by atoms with Gasteiger partial charge < -0.3 is 15.9 Å². The van der Waals surface area contributed by atoms with Gasteiger partial charge in [-0.25, -0.2) is 15.0 Å². The van der Waals surface area contributed by atoms with Gasteiger partial charge in [0.1, 0.15) is 11.6 Å². The Morgan fingerprint density at radius 1 is 1.33 bits per heavy atom. The molecule has 0 spiro atoms. The molecule has 0 unspecified atom stereocenters. The molecule has 0 aromatic carbocycles. The van der Waals surface area contributed by atoms with E-state index in [0.717, 1.165) is 10.9 Å². The summed E-state index contributed by atoms with van der Waals surface area (Å²) in [6.45, 7) is 5.63. The largest absolute Gasteiger partial charge is 0.399 e. The predicted octanol–water partition coefficient (Wildman–Crippen LogP) is 2.54. The van der Waals surface area contributed by atoms with Crippen molar-refractivity contribution in [1.29, 1.82) is 0 Å². The maximum atomic E-state index is 6.48. The Morgan fingerprint density at radius 3 is 2.88 bits per heavy atom. The number of halogens is 1. The van der Waals surface area contributed by atoms with Gasteiger partial charge in [-0.3, -0.25) is 4.57 Å². The van der Waals surface area contributed by atoms with Gasteiger partial charge in [0.25, 0.3) is 0 Å². The van der Waals surface area contributed by atoms with Crippen LogP contribution in [0, 0.1) is 6.92 Å². The van der Waals surface area contributed by atoms with E-state index < -0.39 is 0 Å². The number of fused-ring (bicyclic) bond motifs is 2. The minimum atomic E-state index is 0.347. The predicted molar refractivity (Wildman–Crippen MR) is 95.0 cm³/mol. The molecule has 4 aromatic heterocycles. The molecular formula is C16H14ClN7. The molecule has 0 saturated carbocycles. The van der Waals surface area contributed by atoms with Crippen LogP contribution in [0.15, 0.2) is 37.6 Å². The highest BCUT2D eigenvalue weighted by atomic mass is 35.5. The zero-order chi connectivity index (χ0) is 17.0. The Balaban J connectivity index is 2.23. The Labute approximate surface area is 142 Å². The van der Waals surface area contributed by atoms with Crippen LogP contribution < -0.4 is 11.5 Å². The summed E-state index contributed by atoms with van der Waals surface area (Å²) in [5, 5.41) is 1.25. The molecule has 24 heavy (non-hydrogen) atoms. The zero-order valence-corrected chi connectivity index (χ0v) is 13.6. The normalized spacial score (nSPS) is 11.4. The smallest absolute Gasteiger partial charge is 0.150 e.